The highest BCUT2D eigenvalue weighted by atomic mass is 19.1. The van der Waals surface area contributed by atoms with Gasteiger partial charge in [0.05, 0.1) is 7.11 Å². The largest absolute Gasteiger partial charge is 0.469 e. The summed E-state index contributed by atoms with van der Waals surface area (Å²) >= 11 is 0. The van der Waals surface area contributed by atoms with Crippen LogP contribution in [-0.4, -0.2) is 23.2 Å². The summed E-state index contributed by atoms with van der Waals surface area (Å²) in [7, 11) is 1.27. The number of hydrogen-bond acceptors (Lipinski definition) is 5. The molecular weight excluding hydrogens is 227 g/mol. The zero-order valence-electron chi connectivity index (χ0n) is 9.01. The van der Waals surface area contributed by atoms with E-state index in [1.807, 2.05) is 0 Å². The van der Waals surface area contributed by atoms with E-state index in [1.165, 1.54) is 19.2 Å². The summed E-state index contributed by atoms with van der Waals surface area (Å²) in [6.07, 6.45) is -0.0984. The van der Waals surface area contributed by atoms with Gasteiger partial charge in [-0.05, 0) is 12.1 Å². The van der Waals surface area contributed by atoms with Crippen molar-refractivity contribution in [2.75, 3.05) is 7.11 Å². The maximum absolute atomic E-state index is 13.0. The summed E-state index contributed by atoms with van der Waals surface area (Å²) in [5.41, 5.74) is 0.491. The number of nitrogens with zero attached hydrogens (tertiary/aromatic N) is 2. The zero-order valence-corrected chi connectivity index (χ0v) is 9.01. The monoisotopic (exact) mass is 236 g/mol. The Labute approximate surface area is 96.2 Å². The molecule has 0 saturated carbocycles. The minimum Gasteiger partial charge on any atom is -0.469 e. The summed E-state index contributed by atoms with van der Waals surface area (Å²) in [6.45, 7) is 0. The second-order valence-corrected chi connectivity index (χ2v) is 3.27. The third-order valence-corrected chi connectivity index (χ3v) is 2.07. The number of aromatic nitrogens is 2. The topological polar surface area (TPSA) is 65.2 Å². The van der Waals surface area contributed by atoms with Crippen molar-refractivity contribution in [2.45, 2.75) is 6.42 Å². The third-order valence-electron chi connectivity index (χ3n) is 2.07. The number of benzene rings is 1. The first kappa shape index (κ1) is 11.3. The second-order valence-electron chi connectivity index (χ2n) is 3.27. The zero-order chi connectivity index (χ0) is 12.3. The molecule has 6 heteroatoms. The molecule has 0 bridgehead atoms. The summed E-state index contributed by atoms with van der Waals surface area (Å²) in [5.74, 6) is -0.485. The predicted octanol–water partition coefficient (Wildman–Crippen LogP) is 1.59. The lowest BCUT2D eigenvalue weighted by molar-refractivity contribution is -0.140. The summed E-state index contributed by atoms with van der Waals surface area (Å²) in [6, 6.07) is 5.79. The van der Waals surface area contributed by atoms with Gasteiger partial charge in [0.15, 0.2) is 0 Å². The molecule has 5 nitrogen and oxygen atoms in total. The predicted molar refractivity (Wildman–Crippen MR) is 55.4 cm³/mol. The maximum atomic E-state index is 13.0. The van der Waals surface area contributed by atoms with E-state index in [0.29, 0.717) is 5.56 Å². The normalized spacial score (nSPS) is 10.2. The van der Waals surface area contributed by atoms with E-state index < -0.39 is 5.97 Å². The van der Waals surface area contributed by atoms with E-state index in [0.717, 1.165) is 0 Å². The van der Waals surface area contributed by atoms with Crippen LogP contribution in [0.1, 0.15) is 5.89 Å². The molecule has 88 valence electrons. The highest BCUT2D eigenvalue weighted by Gasteiger charge is 2.12. The van der Waals surface area contributed by atoms with E-state index in [-0.39, 0.29) is 24.0 Å². The molecular formula is C11H9FN2O3. The SMILES string of the molecule is COC(=O)Cc1nc(-c2cccc(F)c2)no1. The fraction of sp³-hybridized carbons (Fsp3) is 0.182. The van der Waals surface area contributed by atoms with Gasteiger partial charge in [-0.25, -0.2) is 4.39 Å². The summed E-state index contributed by atoms with van der Waals surface area (Å²) in [5, 5.41) is 3.65. The van der Waals surface area contributed by atoms with Crippen LogP contribution in [0.3, 0.4) is 0 Å². The Hall–Kier alpha value is -2.24. The van der Waals surface area contributed by atoms with Crippen LogP contribution in [0, 0.1) is 5.82 Å². The lowest BCUT2D eigenvalue weighted by Crippen LogP contribution is -2.04. The minimum atomic E-state index is -0.473. The van der Waals surface area contributed by atoms with Crippen molar-refractivity contribution in [3.05, 3.63) is 36.0 Å². The van der Waals surface area contributed by atoms with Gasteiger partial charge in [0, 0.05) is 5.56 Å². The first-order valence-corrected chi connectivity index (χ1v) is 4.84. The molecule has 17 heavy (non-hydrogen) atoms. The highest BCUT2D eigenvalue weighted by Crippen LogP contribution is 2.16. The average molecular weight is 236 g/mol. The van der Waals surface area contributed by atoms with Crippen LogP contribution in [0.15, 0.2) is 28.8 Å². The standard InChI is InChI=1S/C11H9FN2O3/c1-16-10(15)6-9-13-11(14-17-9)7-3-2-4-8(12)5-7/h2-5H,6H2,1H3. The Morgan fingerprint density at radius 2 is 2.35 bits per heavy atom. The van der Waals surface area contributed by atoms with Crippen LogP contribution < -0.4 is 0 Å². The van der Waals surface area contributed by atoms with Gasteiger partial charge in [0.25, 0.3) is 0 Å². The Bertz CT molecular complexity index is 539. The van der Waals surface area contributed by atoms with Gasteiger partial charge in [-0.2, -0.15) is 4.98 Å². The molecule has 0 N–H and O–H groups in total. The van der Waals surface area contributed by atoms with E-state index in [9.17, 15) is 9.18 Å². The minimum absolute atomic E-state index is 0.0984. The van der Waals surface area contributed by atoms with Gasteiger partial charge in [0.1, 0.15) is 12.2 Å². The van der Waals surface area contributed by atoms with Crippen molar-refractivity contribution in [3.63, 3.8) is 0 Å². The second kappa shape index (κ2) is 4.73. The van der Waals surface area contributed by atoms with Crippen molar-refractivity contribution in [3.8, 4) is 11.4 Å². The molecule has 0 radical (unpaired) electrons. The number of hydrogen-bond donors (Lipinski definition) is 0. The number of rotatable bonds is 3. The Balaban J connectivity index is 2.21. The van der Waals surface area contributed by atoms with Crippen LogP contribution in [0.25, 0.3) is 11.4 Å². The Morgan fingerprint density at radius 3 is 3.06 bits per heavy atom. The summed E-state index contributed by atoms with van der Waals surface area (Å²) < 4.78 is 22.3. The molecule has 0 aliphatic rings. The van der Waals surface area contributed by atoms with Crippen LogP contribution in [0.2, 0.25) is 0 Å². The van der Waals surface area contributed by atoms with Crippen molar-refractivity contribution in [1.82, 2.24) is 10.1 Å². The number of ether oxygens (including phenoxy) is 1. The van der Waals surface area contributed by atoms with E-state index >= 15 is 0 Å². The molecule has 1 aromatic carbocycles. The van der Waals surface area contributed by atoms with Crippen molar-refractivity contribution < 1.29 is 18.4 Å². The van der Waals surface area contributed by atoms with Gasteiger partial charge in [-0.1, -0.05) is 17.3 Å². The molecule has 0 spiro atoms. The molecule has 0 aliphatic heterocycles. The quantitative estimate of drug-likeness (QED) is 0.757. The molecule has 2 aromatic rings. The first-order chi connectivity index (χ1) is 8.19. The first-order valence-electron chi connectivity index (χ1n) is 4.84. The summed E-state index contributed by atoms with van der Waals surface area (Å²) in [4.78, 5) is 14.9. The molecule has 0 saturated heterocycles. The smallest absolute Gasteiger partial charge is 0.315 e. The highest BCUT2D eigenvalue weighted by molar-refractivity contribution is 5.71. The molecule has 0 amide bonds. The lowest BCUT2D eigenvalue weighted by Gasteiger charge is -1.93. The van der Waals surface area contributed by atoms with Crippen molar-refractivity contribution in [2.24, 2.45) is 0 Å². The number of methoxy groups -OCH3 is 1. The fourth-order valence-corrected chi connectivity index (χ4v) is 1.27. The van der Waals surface area contributed by atoms with Gasteiger partial charge in [0.2, 0.25) is 11.7 Å². The van der Waals surface area contributed by atoms with Crippen LogP contribution in [-0.2, 0) is 16.0 Å². The van der Waals surface area contributed by atoms with Gasteiger partial charge in [-0.3, -0.25) is 4.79 Å². The van der Waals surface area contributed by atoms with Gasteiger partial charge >= 0.3 is 5.97 Å². The van der Waals surface area contributed by atoms with Crippen LogP contribution >= 0.6 is 0 Å². The number of halogens is 1. The van der Waals surface area contributed by atoms with E-state index in [4.69, 9.17) is 4.52 Å². The Morgan fingerprint density at radius 1 is 1.53 bits per heavy atom. The third kappa shape index (κ3) is 2.66. The fourth-order valence-electron chi connectivity index (χ4n) is 1.27. The number of carbonyl (C=O) groups excluding carboxylic acids is 1. The van der Waals surface area contributed by atoms with Crippen molar-refractivity contribution in [1.29, 1.82) is 0 Å². The maximum Gasteiger partial charge on any atom is 0.315 e. The lowest BCUT2D eigenvalue weighted by atomic mass is 10.2. The molecule has 1 heterocycles. The number of carbonyl (C=O) groups is 1. The molecule has 0 fully saturated rings. The molecule has 0 atom stereocenters. The molecule has 0 unspecified atom stereocenters. The van der Waals surface area contributed by atoms with Gasteiger partial charge < -0.3 is 9.26 Å². The molecule has 2 rings (SSSR count). The van der Waals surface area contributed by atoms with E-state index in [1.54, 1.807) is 12.1 Å². The van der Waals surface area contributed by atoms with Crippen LogP contribution in [0.4, 0.5) is 4.39 Å². The number of esters is 1. The molecule has 1 aromatic heterocycles. The Kier molecular flexibility index (Phi) is 3.13. The molecule has 0 aliphatic carbocycles. The van der Waals surface area contributed by atoms with Crippen molar-refractivity contribution >= 4 is 5.97 Å². The van der Waals surface area contributed by atoms with E-state index in [2.05, 4.69) is 14.9 Å². The average Bonchev–Trinajstić information content (AvgIpc) is 2.77. The van der Waals surface area contributed by atoms with Crippen LogP contribution in [0.5, 0.6) is 0 Å². The van der Waals surface area contributed by atoms with Gasteiger partial charge in [-0.15, -0.1) is 0 Å².